The molecule has 2 aromatic rings. The summed E-state index contributed by atoms with van der Waals surface area (Å²) >= 11 is 0. The fourth-order valence-corrected chi connectivity index (χ4v) is 2.24. The maximum atomic E-state index is 12.2. The van der Waals surface area contributed by atoms with Crippen LogP contribution in [0.25, 0.3) is 11.0 Å². The Kier molecular flexibility index (Phi) is 3.08. The van der Waals surface area contributed by atoms with E-state index in [1.54, 1.807) is 15.9 Å². The summed E-state index contributed by atoms with van der Waals surface area (Å²) in [6.07, 6.45) is 1.62. The Morgan fingerprint density at radius 1 is 1.47 bits per heavy atom. The minimum Gasteiger partial charge on any atom is -0.377 e. The normalized spacial score (nSPS) is 19.6. The molecule has 1 N–H and O–H groups in total. The highest BCUT2D eigenvalue weighted by Gasteiger charge is 2.24. The first-order valence-electron chi connectivity index (χ1n) is 6.33. The highest BCUT2D eigenvalue weighted by atomic mass is 16.5. The van der Waals surface area contributed by atoms with Crippen molar-refractivity contribution < 1.29 is 9.53 Å². The number of morpholine rings is 1. The third-order valence-corrected chi connectivity index (χ3v) is 3.30. The van der Waals surface area contributed by atoms with E-state index in [4.69, 9.17) is 4.74 Å². The molecule has 2 amide bonds. The van der Waals surface area contributed by atoms with Gasteiger partial charge in [-0.25, -0.2) is 19.9 Å². The highest BCUT2D eigenvalue weighted by Crippen LogP contribution is 2.11. The van der Waals surface area contributed by atoms with Gasteiger partial charge in [-0.05, 0) is 19.1 Å². The van der Waals surface area contributed by atoms with Gasteiger partial charge in [0.2, 0.25) is 0 Å². The fraction of sp³-hybridized carbons (Fsp3) is 0.385. The number of ether oxygens (including phenoxy) is 1. The van der Waals surface area contributed by atoms with E-state index in [0.29, 0.717) is 19.8 Å². The third-order valence-electron chi connectivity index (χ3n) is 3.30. The predicted octanol–water partition coefficient (Wildman–Crippen LogP) is 1.42. The molecule has 1 aliphatic rings. The second kappa shape index (κ2) is 4.89. The maximum absolute atomic E-state index is 12.2. The average molecular weight is 260 g/mol. The van der Waals surface area contributed by atoms with Crippen molar-refractivity contribution in [2.45, 2.75) is 13.0 Å². The van der Waals surface area contributed by atoms with E-state index in [1.807, 2.05) is 31.2 Å². The zero-order valence-electron chi connectivity index (χ0n) is 10.7. The number of carbonyl (C=O) groups excluding carboxylic acids is 1. The van der Waals surface area contributed by atoms with Gasteiger partial charge in [0.1, 0.15) is 6.33 Å². The average Bonchev–Trinajstić information content (AvgIpc) is 2.83. The van der Waals surface area contributed by atoms with Gasteiger partial charge in [-0.15, -0.1) is 0 Å². The van der Waals surface area contributed by atoms with E-state index in [2.05, 4.69) is 10.4 Å². The van der Waals surface area contributed by atoms with Crippen LogP contribution in [0.1, 0.15) is 6.92 Å². The number of fused-ring (bicyclic) bond motifs is 1. The van der Waals surface area contributed by atoms with Crippen LogP contribution >= 0.6 is 0 Å². The zero-order chi connectivity index (χ0) is 13.2. The molecule has 1 aliphatic heterocycles. The van der Waals surface area contributed by atoms with Crippen LogP contribution in [0.2, 0.25) is 0 Å². The van der Waals surface area contributed by atoms with E-state index in [-0.39, 0.29) is 12.1 Å². The van der Waals surface area contributed by atoms with Gasteiger partial charge in [0.05, 0.1) is 30.3 Å². The number of urea groups is 1. The quantitative estimate of drug-likeness (QED) is 0.843. The Labute approximate surface area is 110 Å². The van der Waals surface area contributed by atoms with Gasteiger partial charge in [0.15, 0.2) is 0 Å². The van der Waals surface area contributed by atoms with Gasteiger partial charge >= 0.3 is 6.03 Å². The minimum atomic E-state index is -0.126. The maximum Gasteiger partial charge on any atom is 0.336 e. The Morgan fingerprint density at radius 2 is 2.32 bits per heavy atom. The van der Waals surface area contributed by atoms with E-state index >= 15 is 0 Å². The Balaban J connectivity index is 1.79. The summed E-state index contributed by atoms with van der Waals surface area (Å²) in [6, 6.07) is 7.64. The molecule has 6 nitrogen and oxygen atoms in total. The molecule has 1 fully saturated rings. The number of rotatable bonds is 1. The fourth-order valence-electron chi connectivity index (χ4n) is 2.24. The topological polar surface area (TPSA) is 59.4 Å². The molecule has 1 aromatic heterocycles. The van der Waals surface area contributed by atoms with Crippen molar-refractivity contribution in [1.29, 1.82) is 0 Å². The van der Waals surface area contributed by atoms with Crippen LogP contribution in [0, 0.1) is 0 Å². The van der Waals surface area contributed by atoms with Crippen LogP contribution in [-0.2, 0) is 4.74 Å². The molecule has 0 unspecified atom stereocenters. The van der Waals surface area contributed by atoms with Crippen molar-refractivity contribution >= 4 is 17.1 Å². The molecule has 1 aromatic carbocycles. The number of benzene rings is 1. The van der Waals surface area contributed by atoms with Crippen molar-refractivity contribution in [3.63, 3.8) is 0 Å². The molecule has 0 aliphatic carbocycles. The van der Waals surface area contributed by atoms with E-state index in [9.17, 15) is 4.79 Å². The first-order valence-corrected chi connectivity index (χ1v) is 6.33. The summed E-state index contributed by atoms with van der Waals surface area (Å²) in [5.74, 6) is 0. The number of aromatic nitrogens is 2. The number of hydrogen-bond acceptors (Lipinski definition) is 3. The van der Waals surface area contributed by atoms with Gasteiger partial charge in [-0.1, -0.05) is 12.1 Å². The number of nitrogens with one attached hydrogen (secondary N) is 1. The SMILES string of the molecule is C[C@@H]1COCCN1C(=O)Nn1cnc2ccccc21. The molecule has 19 heavy (non-hydrogen) atoms. The molecule has 2 heterocycles. The number of nitrogens with zero attached hydrogens (tertiary/aromatic N) is 3. The molecule has 6 heteroatoms. The van der Waals surface area contributed by atoms with Crippen LogP contribution in [0.5, 0.6) is 0 Å². The second-order valence-corrected chi connectivity index (χ2v) is 4.64. The number of hydrogen-bond donors (Lipinski definition) is 1. The molecule has 1 atom stereocenters. The van der Waals surface area contributed by atoms with Crippen LogP contribution < -0.4 is 5.43 Å². The lowest BCUT2D eigenvalue weighted by Crippen LogP contribution is -2.50. The van der Waals surface area contributed by atoms with Crippen LogP contribution in [0.4, 0.5) is 4.79 Å². The molecule has 1 saturated heterocycles. The number of carbonyl (C=O) groups is 1. The monoisotopic (exact) mass is 260 g/mol. The van der Waals surface area contributed by atoms with Crippen molar-refractivity contribution in [2.24, 2.45) is 0 Å². The molecule has 0 radical (unpaired) electrons. The molecule has 0 spiro atoms. The summed E-state index contributed by atoms with van der Waals surface area (Å²) < 4.78 is 6.98. The van der Waals surface area contributed by atoms with Gasteiger partial charge in [-0.2, -0.15) is 0 Å². The number of imidazole rings is 1. The molecule has 0 saturated carbocycles. The largest absolute Gasteiger partial charge is 0.377 e. The van der Waals surface area contributed by atoms with Gasteiger partial charge in [0, 0.05) is 6.54 Å². The Morgan fingerprint density at radius 3 is 3.16 bits per heavy atom. The zero-order valence-corrected chi connectivity index (χ0v) is 10.7. The summed E-state index contributed by atoms with van der Waals surface area (Å²) in [6.45, 7) is 3.75. The summed E-state index contributed by atoms with van der Waals surface area (Å²) in [5.41, 5.74) is 4.60. The first kappa shape index (κ1) is 12.0. The molecule has 0 bridgehead atoms. The van der Waals surface area contributed by atoms with Crippen molar-refractivity contribution in [1.82, 2.24) is 14.6 Å². The van der Waals surface area contributed by atoms with Crippen molar-refractivity contribution in [3.8, 4) is 0 Å². The highest BCUT2D eigenvalue weighted by molar-refractivity contribution is 5.85. The first-order chi connectivity index (χ1) is 9.25. The van der Waals surface area contributed by atoms with E-state index < -0.39 is 0 Å². The van der Waals surface area contributed by atoms with E-state index in [1.165, 1.54) is 0 Å². The van der Waals surface area contributed by atoms with E-state index in [0.717, 1.165) is 11.0 Å². The van der Waals surface area contributed by atoms with Crippen LogP contribution in [0.3, 0.4) is 0 Å². The smallest absolute Gasteiger partial charge is 0.336 e. The standard InChI is InChI=1S/C13H16N4O2/c1-10-8-19-7-6-16(10)13(18)15-17-9-14-11-4-2-3-5-12(11)17/h2-5,9-10H,6-8H2,1H3,(H,15,18)/t10-/m1/s1. The molecule has 3 rings (SSSR count). The van der Waals surface area contributed by atoms with Gasteiger partial charge in [-0.3, -0.25) is 0 Å². The number of para-hydroxylation sites is 2. The minimum absolute atomic E-state index is 0.0866. The van der Waals surface area contributed by atoms with Crippen molar-refractivity contribution in [2.75, 3.05) is 25.2 Å². The lowest BCUT2D eigenvalue weighted by molar-refractivity contribution is 0.0216. The Bertz CT molecular complexity index is 595. The predicted molar refractivity (Wildman–Crippen MR) is 71.5 cm³/mol. The Hall–Kier alpha value is -2.08. The van der Waals surface area contributed by atoms with Crippen molar-refractivity contribution in [3.05, 3.63) is 30.6 Å². The summed E-state index contributed by atoms with van der Waals surface area (Å²) in [7, 11) is 0. The third kappa shape index (κ3) is 2.26. The summed E-state index contributed by atoms with van der Waals surface area (Å²) in [4.78, 5) is 18.2. The summed E-state index contributed by atoms with van der Waals surface area (Å²) in [5, 5.41) is 0. The number of amides is 2. The van der Waals surface area contributed by atoms with Gasteiger partial charge in [0.25, 0.3) is 0 Å². The molecule has 100 valence electrons. The second-order valence-electron chi connectivity index (χ2n) is 4.64. The lowest BCUT2D eigenvalue weighted by atomic mass is 10.3. The molecular weight excluding hydrogens is 244 g/mol. The van der Waals surface area contributed by atoms with Crippen LogP contribution in [-0.4, -0.2) is 46.4 Å². The van der Waals surface area contributed by atoms with Crippen LogP contribution in [0.15, 0.2) is 30.6 Å². The lowest BCUT2D eigenvalue weighted by Gasteiger charge is -2.33. The molecular formula is C13H16N4O2. The van der Waals surface area contributed by atoms with Gasteiger partial charge < -0.3 is 9.64 Å².